The molecule has 0 aromatic carbocycles. The van der Waals surface area contributed by atoms with Crippen molar-refractivity contribution in [3.8, 4) is 0 Å². The van der Waals surface area contributed by atoms with E-state index in [9.17, 15) is 14.7 Å². The lowest BCUT2D eigenvalue weighted by molar-refractivity contribution is -0.161. The van der Waals surface area contributed by atoms with Crippen molar-refractivity contribution in [2.75, 3.05) is 13.2 Å². The third kappa shape index (κ3) is 43.1. The van der Waals surface area contributed by atoms with E-state index in [0.29, 0.717) is 12.8 Å². The van der Waals surface area contributed by atoms with E-state index in [1.165, 1.54) is 193 Å². The Hall–Kier alpha value is -1.62. The summed E-state index contributed by atoms with van der Waals surface area (Å²) in [4.78, 5) is 24.4. The topological polar surface area (TPSA) is 72.8 Å². The van der Waals surface area contributed by atoms with E-state index in [2.05, 4.69) is 38.2 Å². The fourth-order valence-corrected chi connectivity index (χ4v) is 7.07. The first-order valence-electron chi connectivity index (χ1n) is 23.9. The van der Waals surface area contributed by atoms with Crippen LogP contribution in [0.4, 0.5) is 0 Å². The molecule has 1 atom stereocenters. The summed E-state index contributed by atoms with van der Waals surface area (Å²) >= 11 is 0. The first kappa shape index (κ1) is 52.4. The molecule has 0 aliphatic carbocycles. The van der Waals surface area contributed by atoms with Gasteiger partial charge in [-0.1, -0.05) is 205 Å². The lowest BCUT2D eigenvalue weighted by atomic mass is 10.0. The number of ether oxygens (including phenoxy) is 2. The Bertz CT molecular complexity index is 821. The van der Waals surface area contributed by atoms with Crippen molar-refractivity contribution in [2.24, 2.45) is 0 Å². The van der Waals surface area contributed by atoms with Gasteiger partial charge in [0.15, 0.2) is 6.10 Å². The maximum atomic E-state index is 12.2. The van der Waals surface area contributed by atoms with Gasteiger partial charge in [-0.2, -0.15) is 0 Å². The molecule has 0 saturated carbocycles. The van der Waals surface area contributed by atoms with Crippen LogP contribution in [0.15, 0.2) is 24.3 Å². The molecular formula is C49H92O5. The summed E-state index contributed by atoms with van der Waals surface area (Å²) in [7, 11) is 0. The summed E-state index contributed by atoms with van der Waals surface area (Å²) in [6, 6.07) is 0. The molecule has 54 heavy (non-hydrogen) atoms. The molecule has 0 aromatic heterocycles. The van der Waals surface area contributed by atoms with E-state index in [1.807, 2.05) is 0 Å². The van der Waals surface area contributed by atoms with Gasteiger partial charge in [-0.05, 0) is 64.2 Å². The van der Waals surface area contributed by atoms with Crippen LogP contribution in [0.5, 0.6) is 0 Å². The highest BCUT2D eigenvalue weighted by Crippen LogP contribution is 2.15. The van der Waals surface area contributed by atoms with Crippen molar-refractivity contribution in [1.82, 2.24) is 0 Å². The molecule has 0 aromatic rings. The van der Waals surface area contributed by atoms with Crippen LogP contribution in [0.1, 0.15) is 258 Å². The van der Waals surface area contributed by atoms with Gasteiger partial charge in [-0.15, -0.1) is 0 Å². The molecule has 1 N–H and O–H groups in total. The number of aliphatic hydroxyl groups excluding tert-OH is 1. The molecule has 5 nitrogen and oxygen atoms in total. The van der Waals surface area contributed by atoms with E-state index in [4.69, 9.17) is 9.47 Å². The van der Waals surface area contributed by atoms with E-state index in [-0.39, 0.29) is 25.2 Å². The molecule has 0 radical (unpaired) electrons. The zero-order chi connectivity index (χ0) is 39.3. The summed E-state index contributed by atoms with van der Waals surface area (Å²) in [6.45, 7) is 4.16. The summed E-state index contributed by atoms with van der Waals surface area (Å²) < 4.78 is 10.7. The van der Waals surface area contributed by atoms with Crippen LogP contribution in [-0.4, -0.2) is 36.4 Å². The summed E-state index contributed by atoms with van der Waals surface area (Å²) in [5.41, 5.74) is 0. The molecule has 0 rings (SSSR count). The Morgan fingerprint density at radius 2 is 0.685 bits per heavy atom. The van der Waals surface area contributed by atoms with Crippen LogP contribution in [0, 0.1) is 0 Å². The van der Waals surface area contributed by atoms with Gasteiger partial charge in [0.2, 0.25) is 0 Å². The highest BCUT2D eigenvalue weighted by Gasteiger charge is 2.16. The van der Waals surface area contributed by atoms with Gasteiger partial charge < -0.3 is 14.6 Å². The zero-order valence-corrected chi connectivity index (χ0v) is 36.3. The molecule has 0 fully saturated rings. The standard InChI is InChI=1S/C49H92O5/c1-3-5-7-9-11-13-15-17-19-21-23-24-26-28-30-32-34-36-38-40-42-44-49(52)54-47(45-50)46-53-48(51)43-41-39-37-35-33-31-29-27-25-22-20-18-16-14-12-10-8-6-4-2/h17-20,47,50H,3-16,21-46H2,1-2H3. The first-order valence-corrected chi connectivity index (χ1v) is 23.9. The number of allylic oxidation sites excluding steroid dienone is 4. The van der Waals surface area contributed by atoms with Crippen molar-refractivity contribution in [2.45, 2.75) is 264 Å². The lowest BCUT2D eigenvalue weighted by Crippen LogP contribution is -2.28. The van der Waals surface area contributed by atoms with Crippen molar-refractivity contribution in [1.29, 1.82) is 0 Å². The predicted molar refractivity (Wildman–Crippen MR) is 233 cm³/mol. The predicted octanol–water partition coefficient (Wildman–Crippen LogP) is 15.4. The van der Waals surface area contributed by atoms with Crippen LogP contribution in [0.3, 0.4) is 0 Å². The summed E-state index contributed by atoms with van der Waals surface area (Å²) in [5, 5.41) is 9.61. The molecule has 1 unspecified atom stereocenters. The Balaban J connectivity index is 3.48. The number of esters is 2. The largest absolute Gasteiger partial charge is 0.462 e. The van der Waals surface area contributed by atoms with E-state index in [0.717, 1.165) is 38.5 Å². The van der Waals surface area contributed by atoms with Gasteiger partial charge in [0, 0.05) is 12.8 Å². The van der Waals surface area contributed by atoms with Gasteiger partial charge >= 0.3 is 11.9 Å². The van der Waals surface area contributed by atoms with Crippen LogP contribution < -0.4 is 0 Å². The average Bonchev–Trinajstić information content (AvgIpc) is 3.17. The number of hydrogen-bond acceptors (Lipinski definition) is 5. The van der Waals surface area contributed by atoms with Gasteiger partial charge in [0.05, 0.1) is 6.61 Å². The van der Waals surface area contributed by atoms with Gasteiger partial charge in [-0.3, -0.25) is 9.59 Å². The second kappa shape index (κ2) is 45.8. The minimum atomic E-state index is -0.769. The molecule has 0 spiro atoms. The molecule has 0 aliphatic heterocycles. The van der Waals surface area contributed by atoms with Gasteiger partial charge in [0.1, 0.15) is 6.61 Å². The average molecular weight is 761 g/mol. The molecule has 318 valence electrons. The molecule has 0 amide bonds. The highest BCUT2D eigenvalue weighted by molar-refractivity contribution is 5.70. The number of hydrogen-bond donors (Lipinski definition) is 1. The SMILES string of the molecule is CCCCCCCCC=CCCCCCCCCCCCCCC(=O)OC(CO)COC(=O)CCCCCCCCCCCC=CCCCCCCCC. The number of carbonyl (C=O) groups excluding carboxylic acids is 2. The molecule has 0 heterocycles. The Labute approximate surface area is 336 Å². The van der Waals surface area contributed by atoms with E-state index in [1.54, 1.807) is 0 Å². The smallest absolute Gasteiger partial charge is 0.306 e. The molecule has 5 heteroatoms. The van der Waals surface area contributed by atoms with Crippen molar-refractivity contribution in [3.05, 3.63) is 24.3 Å². The number of unbranched alkanes of at least 4 members (excludes halogenated alkanes) is 32. The summed E-state index contributed by atoms with van der Waals surface area (Å²) in [6.07, 6.45) is 55.4. The van der Waals surface area contributed by atoms with Crippen LogP contribution in [-0.2, 0) is 19.1 Å². The first-order chi connectivity index (χ1) is 26.6. The Kier molecular flexibility index (Phi) is 44.4. The molecule has 0 bridgehead atoms. The third-order valence-electron chi connectivity index (χ3n) is 10.7. The highest BCUT2D eigenvalue weighted by atomic mass is 16.6. The molecule has 0 aliphatic rings. The fraction of sp³-hybridized carbons (Fsp3) is 0.878. The summed E-state index contributed by atoms with van der Waals surface area (Å²) in [5.74, 6) is -0.582. The molecule has 0 saturated heterocycles. The van der Waals surface area contributed by atoms with E-state index < -0.39 is 6.10 Å². The minimum absolute atomic E-state index is 0.0631. The third-order valence-corrected chi connectivity index (χ3v) is 10.7. The van der Waals surface area contributed by atoms with Gasteiger partial charge in [-0.25, -0.2) is 0 Å². The second-order valence-corrected chi connectivity index (χ2v) is 16.2. The maximum absolute atomic E-state index is 12.2. The monoisotopic (exact) mass is 761 g/mol. The maximum Gasteiger partial charge on any atom is 0.306 e. The Morgan fingerprint density at radius 1 is 0.407 bits per heavy atom. The Morgan fingerprint density at radius 3 is 1.00 bits per heavy atom. The van der Waals surface area contributed by atoms with E-state index >= 15 is 0 Å². The second-order valence-electron chi connectivity index (χ2n) is 16.2. The van der Waals surface area contributed by atoms with Crippen LogP contribution in [0.2, 0.25) is 0 Å². The van der Waals surface area contributed by atoms with Crippen molar-refractivity contribution < 1.29 is 24.2 Å². The normalized spacial score (nSPS) is 12.3. The number of carbonyl (C=O) groups is 2. The fourth-order valence-electron chi connectivity index (χ4n) is 7.07. The quantitative estimate of drug-likeness (QED) is 0.0380. The minimum Gasteiger partial charge on any atom is -0.462 e. The van der Waals surface area contributed by atoms with Crippen LogP contribution >= 0.6 is 0 Å². The number of aliphatic hydroxyl groups is 1. The molecular weight excluding hydrogens is 669 g/mol. The van der Waals surface area contributed by atoms with Crippen molar-refractivity contribution in [3.63, 3.8) is 0 Å². The zero-order valence-electron chi connectivity index (χ0n) is 36.3. The van der Waals surface area contributed by atoms with Crippen LogP contribution in [0.25, 0.3) is 0 Å². The van der Waals surface area contributed by atoms with Crippen molar-refractivity contribution >= 4 is 11.9 Å². The number of rotatable bonds is 44. The lowest BCUT2D eigenvalue weighted by Gasteiger charge is -2.15. The van der Waals surface area contributed by atoms with Gasteiger partial charge in [0.25, 0.3) is 0 Å².